The Labute approximate surface area is 76.3 Å². The van der Waals surface area contributed by atoms with E-state index in [1.807, 2.05) is 18.2 Å². The number of ether oxygens (including phenoxy) is 2. The van der Waals surface area contributed by atoms with Crippen LogP contribution in [0.3, 0.4) is 0 Å². The Morgan fingerprint density at radius 3 is 2.77 bits per heavy atom. The monoisotopic (exact) mass is 178 g/mol. The molecule has 1 aromatic rings. The van der Waals surface area contributed by atoms with Crippen molar-refractivity contribution in [1.29, 1.82) is 0 Å². The molecule has 0 radical (unpaired) electrons. The van der Waals surface area contributed by atoms with E-state index in [2.05, 4.69) is 0 Å². The van der Waals surface area contributed by atoms with Crippen LogP contribution in [-0.2, 0) is 4.79 Å². The number of ketones is 1. The molecule has 68 valence electrons. The molecule has 0 fully saturated rings. The summed E-state index contributed by atoms with van der Waals surface area (Å²) in [5, 5.41) is 0. The fourth-order valence-electron chi connectivity index (χ4n) is 1.22. The van der Waals surface area contributed by atoms with Gasteiger partial charge in [-0.25, -0.2) is 0 Å². The molecule has 0 N–H and O–H groups in total. The second-order valence-corrected chi connectivity index (χ2v) is 2.97. The smallest absolute Gasteiger partial charge is 0.190 e. The Morgan fingerprint density at radius 2 is 2.08 bits per heavy atom. The highest BCUT2D eigenvalue weighted by Crippen LogP contribution is 2.30. The van der Waals surface area contributed by atoms with Crippen molar-refractivity contribution in [2.24, 2.45) is 0 Å². The summed E-state index contributed by atoms with van der Waals surface area (Å²) in [5.41, 5.74) is 0. The van der Waals surface area contributed by atoms with Gasteiger partial charge >= 0.3 is 0 Å². The molecule has 3 heteroatoms. The average molecular weight is 178 g/mol. The summed E-state index contributed by atoms with van der Waals surface area (Å²) in [4.78, 5) is 11.0. The lowest BCUT2D eigenvalue weighted by atomic mass is 10.2. The van der Waals surface area contributed by atoms with Crippen molar-refractivity contribution in [3.8, 4) is 11.5 Å². The van der Waals surface area contributed by atoms with Gasteiger partial charge in [-0.3, -0.25) is 4.79 Å². The third kappa shape index (κ3) is 1.49. The van der Waals surface area contributed by atoms with Gasteiger partial charge in [-0.05, 0) is 19.1 Å². The Kier molecular flexibility index (Phi) is 1.93. The maximum Gasteiger partial charge on any atom is 0.190 e. The highest BCUT2D eigenvalue weighted by Gasteiger charge is 2.23. The van der Waals surface area contributed by atoms with E-state index in [-0.39, 0.29) is 5.78 Å². The van der Waals surface area contributed by atoms with Gasteiger partial charge < -0.3 is 9.47 Å². The van der Waals surface area contributed by atoms with E-state index in [1.54, 1.807) is 6.07 Å². The Hall–Kier alpha value is -1.51. The van der Waals surface area contributed by atoms with Crippen LogP contribution in [0.1, 0.15) is 6.92 Å². The number of hydrogen-bond donors (Lipinski definition) is 0. The third-order valence-electron chi connectivity index (χ3n) is 1.96. The summed E-state index contributed by atoms with van der Waals surface area (Å²) in [6, 6.07) is 7.34. The molecule has 1 heterocycles. The first kappa shape index (κ1) is 8.10. The number of hydrogen-bond acceptors (Lipinski definition) is 3. The topological polar surface area (TPSA) is 35.5 Å². The second-order valence-electron chi connectivity index (χ2n) is 2.97. The first-order valence-corrected chi connectivity index (χ1v) is 4.16. The molecule has 0 saturated heterocycles. The average Bonchev–Trinajstić information content (AvgIpc) is 2.17. The Morgan fingerprint density at radius 1 is 1.38 bits per heavy atom. The molecule has 0 amide bonds. The van der Waals surface area contributed by atoms with Gasteiger partial charge in [0.2, 0.25) is 0 Å². The van der Waals surface area contributed by atoms with Crippen LogP contribution >= 0.6 is 0 Å². The summed E-state index contributed by atoms with van der Waals surface area (Å²) >= 11 is 0. The Bertz CT molecular complexity index is 333. The van der Waals surface area contributed by atoms with Gasteiger partial charge in [0.05, 0.1) is 0 Å². The molecule has 1 aromatic carbocycles. The highest BCUT2D eigenvalue weighted by atomic mass is 16.6. The molecule has 0 aromatic heterocycles. The molecule has 0 bridgehead atoms. The quantitative estimate of drug-likeness (QED) is 0.652. The minimum Gasteiger partial charge on any atom is -0.485 e. The lowest BCUT2D eigenvalue weighted by Crippen LogP contribution is -2.34. The van der Waals surface area contributed by atoms with Crippen molar-refractivity contribution in [1.82, 2.24) is 0 Å². The van der Waals surface area contributed by atoms with E-state index in [4.69, 9.17) is 9.47 Å². The predicted molar refractivity (Wildman–Crippen MR) is 47.0 cm³/mol. The summed E-state index contributed by atoms with van der Waals surface area (Å²) in [6.45, 7) is 1.81. The molecule has 0 saturated carbocycles. The summed E-state index contributed by atoms with van der Waals surface area (Å²) in [6.07, 6.45) is -0.449. The van der Waals surface area contributed by atoms with E-state index >= 15 is 0 Å². The van der Waals surface area contributed by atoms with Crippen LogP contribution in [-0.4, -0.2) is 18.5 Å². The van der Waals surface area contributed by atoms with Crippen LogP contribution in [0.2, 0.25) is 0 Å². The first-order valence-electron chi connectivity index (χ1n) is 4.16. The Balaban J connectivity index is 2.24. The minimum absolute atomic E-state index is 0.00509. The van der Waals surface area contributed by atoms with E-state index in [0.29, 0.717) is 18.1 Å². The van der Waals surface area contributed by atoms with Crippen molar-refractivity contribution in [2.75, 3.05) is 6.61 Å². The molecule has 1 atom stereocenters. The summed E-state index contributed by atoms with van der Waals surface area (Å²) < 4.78 is 10.8. The van der Waals surface area contributed by atoms with Crippen molar-refractivity contribution in [3.63, 3.8) is 0 Å². The molecular weight excluding hydrogens is 168 g/mol. The van der Waals surface area contributed by atoms with Crippen molar-refractivity contribution in [3.05, 3.63) is 24.3 Å². The fraction of sp³-hybridized carbons (Fsp3) is 0.300. The molecule has 0 aliphatic carbocycles. The molecule has 1 aliphatic rings. The van der Waals surface area contributed by atoms with Gasteiger partial charge in [-0.15, -0.1) is 0 Å². The third-order valence-corrected chi connectivity index (χ3v) is 1.96. The zero-order valence-electron chi connectivity index (χ0n) is 7.32. The van der Waals surface area contributed by atoms with Crippen LogP contribution in [0.15, 0.2) is 24.3 Å². The number of Topliss-reactive ketones (excluding diaryl/α,β-unsaturated/α-hetero) is 1. The maximum absolute atomic E-state index is 11.0. The molecule has 13 heavy (non-hydrogen) atoms. The number of carbonyl (C=O) groups excluding carboxylic acids is 1. The van der Waals surface area contributed by atoms with Gasteiger partial charge in [0.15, 0.2) is 23.4 Å². The molecule has 3 nitrogen and oxygen atoms in total. The van der Waals surface area contributed by atoms with Crippen molar-refractivity contribution in [2.45, 2.75) is 13.0 Å². The minimum atomic E-state index is -0.449. The largest absolute Gasteiger partial charge is 0.485 e. The molecule has 0 unspecified atom stereocenters. The van der Waals surface area contributed by atoms with E-state index < -0.39 is 6.10 Å². The lowest BCUT2D eigenvalue weighted by molar-refractivity contribution is -0.125. The predicted octanol–water partition coefficient (Wildman–Crippen LogP) is 1.42. The van der Waals surface area contributed by atoms with Crippen LogP contribution in [0.25, 0.3) is 0 Å². The first-order chi connectivity index (χ1) is 6.27. The second kappa shape index (κ2) is 3.09. The van der Waals surface area contributed by atoms with Gasteiger partial charge in [0, 0.05) is 0 Å². The van der Waals surface area contributed by atoms with Gasteiger partial charge in [0.1, 0.15) is 6.61 Å². The van der Waals surface area contributed by atoms with Crippen LogP contribution in [0, 0.1) is 0 Å². The maximum atomic E-state index is 11.0. The van der Waals surface area contributed by atoms with Crippen LogP contribution < -0.4 is 9.47 Å². The van der Waals surface area contributed by atoms with Gasteiger partial charge in [-0.2, -0.15) is 0 Å². The normalized spacial score (nSPS) is 19.6. The molecule has 2 rings (SSSR count). The standard InChI is InChI=1S/C10H10O3/c1-7(11)10-6-12-8-4-2-3-5-9(8)13-10/h2-5,10H,6H2,1H3/t10-/m1/s1. The lowest BCUT2D eigenvalue weighted by Gasteiger charge is -2.24. The van der Waals surface area contributed by atoms with Crippen molar-refractivity contribution < 1.29 is 14.3 Å². The van der Waals surface area contributed by atoms with Crippen molar-refractivity contribution >= 4 is 5.78 Å². The SMILES string of the molecule is CC(=O)[C@H]1COc2ccccc2O1. The van der Waals surface area contributed by atoms with Gasteiger partial charge in [-0.1, -0.05) is 12.1 Å². The summed E-state index contributed by atoms with van der Waals surface area (Å²) in [5.74, 6) is 1.35. The van der Waals surface area contributed by atoms with Crippen LogP contribution in [0.4, 0.5) is 0 Å². The molecule has 1 aliphatic heterocycles. The summed E-state index contributed by atoms with van der Waals surface area (Å²) in [7, 11) is 0. The number of carbonyl (C=O) groups is 1. The zero-order valence-corrected chi connectivity index (χ0v) is 7.32. The zero-order chi connectivity index (χ0) is 9.26. The number of rotatable bonds is 1. The van der Waals surface area contributed by atoms with E-state index in [1.165, 1.54) is 6.92 Å². The molecule has 0 spiro atoms. The van der Waals surface area contributed by atoms with E-state index in [0.717, 1.165) is 0 Å². The van der Waals surface area contributed by atoms with Gasteiger partial charge in [0.25, 0.3) is 0 Å². The van der Waals surface area contributed by atoms with Crippen LogP contribution in [0.5, 0.6) is 11.5 Å². The van der Waals surface area contributed by atoms with E-state index in [9.17, 15) is 4.79 Å². The number of benzene rings is 1. The molecular formula is C10H10O3. The highest BCUT2D eigenvalue weighted by molar-refractivity contribution is 5.81. The number of fused-ring (bicyclic) bond motifs is 1. The fourth-order valence-corrected chi connectivity index (χ4v) is 1.22. The number of para-hydroxylation sites is 2.